The molecule has 0 atom stereocenters. The van der Waals surface area contributed by atoms with Crippen molar-refractivity contribution in [3.05, 3.63) is 63.5 Å². The second-order valence-electron chi connectivity index (χ2n) is 4.96. The van der Waals surface area contributed by atoms with Crippen molar-refractivity contribution in [2.45, 2.75) is 6.92 Å². The lowest BCUT2D eigenvalue weighted by Gasteiger charge is -2.02. The zero-order valence-electron chi connectivity index (χ0n) is 13.0. The van der Waals surface area contributed by atoms with Crippen molar-refractivity contribution in [1.82, 2.24) is 5.32 Å². The Morgan fingerprint density at radius 3 is 2.54 bits per heavy atom. The Morgan fingerprint density at radius 2 is 1.88 bits per heavy atom. The normalized spacial score (nSPS) is 17.3. The van der Waals surface area contributed by atoms with E-state index in [2.05, 4.69) is 26.2 Å². The smallest absolute Gasteiger partial charge is 0.264 e. The molecule has 0 aliphatic carbocycles. The summed E-state index contributed by atoms with van der Waals surface area (Å²) in [5.41, 5.74) is 1.74. The Bertz CT molecular complexity index is 799. The van der Waals surface area contributed by atoms with Crippen LogP contribution in [0.3, 0.4) is 0 Å². The van der Waals surface area contributed by atoms with Crippen LogP contribution in [0.4, 0.5) is 5.69 Å². The van der Waals surface area contributed by atoms with Crippen LogP contribution in [0.1, 0.15) is 12.5 Å². The van der Waals surface area contributed by atoms with Gasteiger partial charge in [0.1, 0.15) is 5.75 Å². The zero-order valence-corrected chi connectivity index (χ0v) is 15.4. The Morgan fingerprint density at radius 1 is 1.17 bits per heavy atom. The first-order valence-corrected chi connectivity index (χ1v) is 9.03. The van der Waals surface area contributed by atoms with E-state index in [9.17, 15) is 4.79 Å². The second-order valence-corrected chi connectivity index (χ2v) is 6.91. The third-order valence-electron chi connectivity index (χ3n) is 3.20. The number of amides is 1. The van der Waals surface area contributed by atoms with Crippen molar-refractivity contribution in [3.63, 3.8) is 0 Å². The maximum atomic E-state index is 12.1. The molecular formula is C18H15BrN2O2S. The number of carbonyl (C=O) groups excluding carboxylic acids is 1. The summed E-state index contributed by atoms with van der Waals surface area (Å²) < 4.78 is 6.41. The van der Waals surface area contributed by atoms with Gasteiger partial charge in [-0.1, -0.05) is 28.1 Å². The van der Waals surface area contributed by atoms with Gasteiger partial charge in [-0.25, -0.2) is 4.99 Å². The molecule has 0 aromatic heterocycles. The van der Waals surface area contributed by atoms with Crippen LogP contribution in [0.15, 0.2) is 62.9 Å². The third-order valence-corrected chi connectivity index (χ3v) is 4.64. The highest BCUT2D eigenvalue weighted by Crippen LogP contribution is 2.28. The number of halogens is 1. The number of thioether (sulfide) groups is 1. The summed E-state index contributed by atoms with van der Waals surface area (Å²) in [6.07, 6.45) is 1.85. The van der Waals surface area contributed by atoms with Crippen molar-refractivity contribution < 1.29 is 9.53 Å². The Hall–Kier alpha value is -2.05. The largest absolute Gasteiger partial charge is 0.494 e. The summed E-state index contributed by atoms with van der Waals surface area (Å²) >= 11 is 4.72. The highest BCUT2D eigenvalue weighted by atomic mass is 79.9. The van der Waals surface area contributed by atoms with Crippen LogP contribution in [0.2, 0.25) is 0 Å². The topological polar surface area (TPSA) is 50.7 Å². The lowest BCUT2D eigenvalue weighted by Crippen LogP contribution is -2.19. The summed E-state index contributed by atoms with van der Waals surface area (Å²) in [6.45, 7) is 2.58. The molecule has 0 bridgehead atoms. The first-order valence-electron chi connectivity index (χ1n) is 7.42. The number of ether oxygens (including phenoxy) is 1. The van der Waals surface area contributed by atoms with Gasteiger partial charge in [0, 0.05) is 4.47 Å². The van der Waals surface area contributed by atoms with Crippen LogP contribution in [0, 0.1) is 0 Å². The predicted octanol–water partition coefficient (Wildman–Crippen LogP) is 4.74. The Kier molecular flexibility index (Phi) is 5.37. The van der Waals surface area contributed by atoms with Crippen molar-refractivity contribution in [2.75, 3.05) is 6.61 Å². The molecule has 6 heteroatoms. The Balaban J connectivity index is 1.75. The number of nitrogens with zero attached hydrogens (tertiary/aromatic N) is 1. The minimum atomic E-state index is -0.134. The second kappa shape index (κ2) is 7.68. The first-order chi connectivity index (χ1) is 11.6. The van der Waals surface area contributed by atoms with E-state index in [-0.39, 0.29) is 5.91 Å². The molecule has 1 N–H and O–H groups in total. The van der Waals surface area contributed by atoms with Crippen LogP contribution < -0.4 is 10.1 Å². The maximum Gasteiger partial charge on any atom is 0.264 e. The van der Waals surface area contributed by atoms with Gasteiger partial charge in [-0.05, 0) is 66.7 Å². The number of amidine groups is 1. The molecule has 1 fully saturated rings. The highest BCUT2D eigenvalue weighted by molar-refractivity contribution is 9.10. The molecule has 2 aromatic carbocycles. The van der Waals surface area contributed by atoms with Crippen LogP contribution in [0.25, 0.3) is 6.08 Å². The summed E-state index contributed by atoms with van der Waals surface area (Å²) in [4.78, 5) is 17.2. The molecule has 1 saturated heterocycles. The summed E-state index contributed by atoms with van der Waals surface area (Å²) in [5, 5.41) is 3.37. The minimum Gasteiger partial charge on any atom is -0.494 e. The molecule has 0 radical (unpaired) electrons. The highest BCUT2D eigenvalue weighted by Gasteiger charge is 2.23. The molecule has 1 amide bonds. The van der Waals surface area contributed by atoms with Crippen molar-refractivity contribution in [1.29, 1.82) is 0 Å². The van der Waals surface area contributed by atoms with Crippen molar-refractivity contribution in [3.8, 4) is 5.75 Å². The van der Waals surface area contributed by atoms with E-state index in [0.29, 0.717) is 16.7 Å². The van der Waals surface area contributed by atoms with Gasteiger partial charge in [0.05, 0.1) is 17.2 Å². The molecule has 3 rings (SSSR count). The summed E-state index contributed by atoms with van der Waals surface area (Å²) in [6, 6.07) is 15.2. The lowest BCUT2D eigenvalue weighted by atomic mass is 10.2. The Labute approximate surface area is 153 Å². The molecule has 1 heterocycles. The number of hydrogen-bond donors (Lipinski definition) is 1. The van der Waals surface area contributed by atoms with E-state index in [1.807, 2.05) is 61.5 Å². The van der Waals surface area contributed by atoms with Crippen molar-refractivity contribution in [2.24, 2.45) is 4.99 Å². The van der Waals surface area contributed by atoms with E-state index < -0.39 is 0 Å². The molecule has 0 spiro atoms. The molecule has 2 aromatic rings. The fourth-order valence-corrected chi connectivity index (χ4v) is 3.20. The number of carbonyl (C=O) groups is 1. The van der Waals surface area contributed by atoms with E-state index in [1.165, 1.54) is 11.8 Å². The summed E-state index contributed by atoms with van der Waals surface area (Å²) in [5.74, 6) is 0.686. The van der Waals surface area contributed by atoms with Gasteiger partial charge < -0.3 is 10.1 Å². The van der Waals surface area contributed by atoms with E-state index in [0.717, 1.165) is 21.5 Å². The summed E-state index contributed by atoms with van der Waals surface area (Å²) in [7, 11) is 0. The van der Waals surface area contributed by atoms with Crippen LogP contribution in [-0.2, 0) is 4.79 Å². The van der Waals surface area contributed by atoms with Gasteiger partial charge in [-0.2, -0.15) is 0 Å². The SMILES string of the molecule is CCOc1ccc(/C=C2\SC(=Nc3ccc(Br)cc3)NC2=O)cc1. The van der Waals surface area contributed by atoms with Gasteiger partial charge in [0.15, 0.2) is 5.17 Å². The fraction of sp³-hybridized carbons (Fsp3) is 0.111. The lowest BCUT2D eigenvalue weighted by molar-refractivity contribution is -0.115. The molecule has 1 aliphatic rings. The van der Waals surface area contributed by atoms with E-state index in [1.54, 1.807) is 0 Å². The molecule has 24 heavy (non-hydrogen) atoms. The van der Waals surface area contributed by atoms with Gasteiger partial charge in [0.2, 0.25) is 0 Å². The van der Waals surface area contributed by atoms with Gasteiger partial charge in [-0.3, -0.25) is 4.79 Å². The number of nitrogens with one attached hydrogen (secondary N) is 1. The predicted molar refractivity (Wildman–Crippen MR) is 103 cm³/mol. The quantitative estimate of drug-likeness (QED) is 0.751. The van der Waals surface area contributed by atoms with Gasteiger partial charge >= 0.3 is 0 Å². The van der Waals surface area contributed by atoms with Gasteiger partial charge in [0.25, 0.3) is 5.91 Å². The van der Waals surface area contributed by atoms with Gasteiger partial charge in [-0.15, -0.1) is 0 Å². The average Bonchev–Trinajstić information content (AvgIpc) is 2.91. The standard InChI is InChI=1S/C18H15BrN2O2S/c1-2-23-15-9-3-12(4-10-15)11-16-17(22)21-18(24-16)20-14-7-5-13(19)6-8-14/h3-11H,2H2,1H3,(H,20,21,22)/b16-11-. The molecule has 0 saturated carbocycles. The zero-order chi connectivity index (χ0) is 16.9. The van der Waals surface area contributed by atoms with Crippen LogP contribution >= 0.6 is 27.7 Å². The molecular weight excluding hydrogens is 388 g/mol. The number of rotatable bonds is 4. The van der Waals surface area contributed by atoms with Crippen LogP contribution in [0.5, 0.6) is 5.75 Å². The number of aliphatic imine (C=N–C) groups is 1. The monoisotopic (exact) mass is 402 g/mol. The van der Waals surface area contributed by atoms with E-state index >= 15 is 0 Å². The van der Waals surface area contributed by atoms with Crippen LogP contribution in [-0.4, -0.2) is 17.7 Å². The molecule has 122 valence electrons. The molecule has 4 nitrogen and oxygen atoms in total. The molecule has 1 aliphatic heterocycles. The maximum absolute atomic E-state index is 12.1. The fourth-order valence-electron chi connectivity index (χ4n) is 2.09. The number of benzene rings is 2. The first kappa shape index (κ1) is 16.8. The third kappa shape index (κ3) is 4.27. The minimum absolute atomic E-state index is 0.134. The average molecular weight is 403 g/mol. The van der Waals surface area contributed by atoms with Crippen molar-refractivity contribution >= 4 is 50.5 Å². The molecule has 0 unspecified atom stereocenters. The number of hydrogen-bond acceptors (Lipinski definition) is 4. The van der Waals surface area contributed by atoms with E-state index in [4.69, 9.17) is 4.74 Å².